The van der Waals surface area contributed by atoms with Crippen molar-refractivity contribution in [3.05, 3.63) is 11.9 Å². The Kier molecular flexibility index (Phi) is 5.19. The van der Waals surface area contributed by atoms with Crippen LogP contribution in [0.15, 0.2) is 6.20 Å². The third-order valence-corrected chi connectivity index (χ3v) is 5.68. The molecule has 1 saturated carbocycles. The average molecular weight is 325 g/mol. The van der Waals surface area contributed by atoms with Crippen molar-refractivity contribution in [1.29, 1.82) is 5.26 Å². The standard InChI is InChI=1S/C14H23N5O2S/c1-18(22(2,20)21)8-9-19-11-13(16-17-19)10-14(12-15)6-4-3-5-7-14/h11H,3-10H2,1-2H3. The normalized spacial score (nSPS) is 18.3. The first kappa shape index (κ1) is 16.9. The average Bonchev–Trinajstić information content (AvgIpc) is 2.92. The molecule has 0 aliphatic heterocycles. The lowest BCUT2D eigenvalue weighted by atomic mass is 9.72. The number of rotatable bonds is 6. The molecule has 0 radical (unpaired) electrons. The zero-order valence-electron chi connectivity index (χ0n) is 13.2. The number of sulfonamides is 1. The molecule has 1 fully saturated rings. The van der Waals surface area contributed by atoms with Crippen LogP contribution in [-0.4, -0.2) is 47.6 Å². The van der Waals surface area contributed by atoms with E-state index in [1.807, 2.05) is 6.20 Å². The molecular weight excluding hydrogens is 302 g/mol. The molecule has 22 heavy (non-hydrogen) atoms. The Hall–Kier alpha value is -1.46. The van der Waals surface area contributed by atoms with Crippen LogP contribution in [0.4, 0.5) is 0 Å². The highest BCUT2D eigenvalue weighted by Gasteiger charge is 2.33. The molecular formula is C14H23N5O2S. The maximum atomic E-state index is 11.3. The minimum Gasteiger partial charge on any atom is -0.251 e. The largest absolute Gasteiger partial charge is 0.251 e. The van der Waals surface area contributed by atoms with Crippen LogP contribution in [0, 0.1) is 16.7 Å². The summed E-state index contributed by atoms with van der Waals surface area (Å²) in [5.74, 6) is 0. The predicted octanol–water partition coefficient (Wildman–Crippen LogP) is 1.19. The Morgan fingerprint density at radius 3 is 2.68 bits per heavy atom. The van der Waals surface area contributed by atoms with E-state index in [4.69, 9.17) is 0 Å². The summed E-state index contributed by atoms with van der Waals surface area (Å²) in [5.41, 5.74) is 0.508. The van der Waals surface area contributed by atoms with Gasteiger partial charge in [0.1, 0.15) is 0 Å². The van der Waals surface area contributed by atoms with Crippen molar-refractivity contribution in [2.45, 2.75) is 45.1 Å². The number of nitriles is 1. The van der Waals surface area contributed by atoms with Crippen LogP contribution in [0.5, 0.6) is 0 Å². The topological polar surface area (TPSA) is 91.9 Å². The van der Waals surface area contributed by atoms with Crippen molar-refractivity contribution in [2.75, 3.05) is 19.8 Å². The van der Waals surface area contributed by atoms with E-state index in [1.165, 1.54) is 17.0 Å². The molecule has 1 aliphatic carbocycles. The quantitative estimate of drug-likeness (QED) is 0.783. The summed E-state index contributed by atoms with van der Waals surface area (Å²) in [6.45, 7) is 0.807. The Morgan fingerprint density at radius 2 is 2.09 bits per heavy atom. The van der Waals surface area contributed by atoms with Crippen LogP contribution < -0.4 is 0 Å². The van der Waals surface area contributed by atoms with E-state index in [9.17, 15) is 13.7 Å². The summed E-state index contributed by atoms with van der Waals surface area (Å²) in [5, 5.41) is 17.7. The minimum atomic E-state index is -3.17. The molecule has 1 heterocycles. The second-order valence-electron chi connectivity index (χ2n) is 6.19. The van der Waals surface area contributed by atoms with Gasteiger partial charge in [0.05, 0.1) is 30.0 Å². The van der Waals surface area contributed by atoms with E-state index in [0.717, 1.165) is 31.4 Å². The summed E-state index contributed by atoms with van der Waals surface area (Å²) >= 11 is 0. The summed E-state index contributed by atoms with van der Waals surface area (Å²) in [4.78, 5) is 0. The molecule has 0 unspecified atom stereocenters. The fourth-order valence-corrected chi connectivity index (χ4v) is 3.25. The van der Waals surface area contributed by atoms with Crippen molar-refractivity contribution in [2.24, 2.45) is 5.41 Å². The fourth-order valence-electron chi connectivity index (χ4n) is 2.84. The molecule has 8 heteroatoms. The van der Waals surface area contributed by atoms with Crippen molar-refractivity contribution in [3.63, 3.8) is 0 Å². The molecule has 1 aromatic rings. The third kappa shape index (κ3) is 4.27. The van der Waals surface area contributed by atoms with Gasteiger partial charge in [0.2, 0.25) is 10.0 Å². The first-order chi connectivity index (χ1) is 10.3. The van der Waals surface area contributed by atoms with Gasteiger partial charge >= 0.3 is 0 Å². The molecule has 7 nitrogen and oxygen atoms in total. The lowest BCUT2D eigenvalue weighted by molar-refractivity contribution is 0.263. The number of hydrogen-bond acceptors (Lipinski definition) is 5. The SMILES string of the molecule is CN(CCn1cc(CC2(C#N)CCCCC2)nn1)S(C)(=O)=O. The molecule has 1 aliphatic rings. The number of aromatic nitrogens is 3. The molecule has 1 aromatic heterocycles. The Balaban J connectivity index is 1.95. The fraction of sp³-hybridized carbons (Fsp3) is 0.786. The maximum absolute atomic E-state index is 11.3. The maximum Gasteiger partial charge on any atom is 0.211 e. The molecule has 0 spiro atoms. The van der Waals surface area contributed by atoms with Crippen molar-refractivity contribution >= 4 is 10.0 Å². The van der Waals surface area contributed by atoms with E-state index >= 15 is 0 Å². The molecule has 2 rings (SSSR count). The summed E-state index contributed by atoms with van der Waals surface area (Å²) in [6.07, 6.45) is 8.88. The Morgan fingerprint density at radius 1 is 1.41 bits per heavy atom. The monoisotopic (exact) mass is 325 g/mol. The van der Waals surface area contributed by atoms with E-state index in [0.29, 0.717) is 19.5 Å². The van der Waals surface area contributed by atoms with Gasteiger partial charge in [-0.05, 0) is 12.8 Å². The highest BCUT2D eigenvalue weighted by Crippen LogP contribution is 2.38. The predicted molar refractivity (Wildman–Crippen MR) is 82.3 cm³/mol. The van der Waals surface area contributed by atoms with Gasteiger partial charge < -0.3 is 0 Å². The molecule has 0 amide bonds. The van der Waals surface area contributed by atoms with Gasteiger partial charge in [-0.2, -0.15) is 5.26 Å². The second-order valence-corrected chi connectivity index (χ2v) is 8.28. The van der Waals surface area contributed by atoms with E-state index in [1.54, 1.807) is 11.7 Å². The first-order valence-corrected chi connectivity index (χ1v) is 9.41. The smallest absolute Gasteiger partial charge is 0.211 e. The van der Waals surface area contributed by atoms with Crippen LogP contribution in [0.25, 0.3) is 0 Å². The number of hydrogen-bond donors (Lipinski definition) is 0. The van der Waals surface area contributed by atoms with Gasteiger partial charge in [-0.1, -0.05) is 24.5 Å². The zero-order valence-corrected chi connectivity index (χ0v) is 14.0. The molecule has 122 valence electrons. The highest BCUT2D eigenvalue weighted by molar-refractivity contribution is 7.88. The molecule has 0 aromatic carbocycles. The van der Waals surface area contributed by atoms with Gasteiger partial charge in [0, 0.05) is 26.2 Å². The summed E-state index contributed by atoms with van der Waals surface area (Å²) in [7, 11) is -1.63. The van der Waals surface area contributed by atoms with Gasteiger partial charge in [0.25, 0.3) is 0 Å². The zero-order chi connectivity index (χ0) is 16.2. The van der Waals surface area contributed by atoms with E-state index in [2.05, 4.69) is 16.4 Å². The molecule has 0 N–H and O–H groups in total. The molecule has 0 saturated heterocycles. The van der Waals surface area contributed by atoms with Crippen LogP contribution in [0.2, 0.25) is 0 Å². The van der Waals surface area contributed by atoms with Crippen LogP contribution >= 0.6 is 0 Å². The van der Waals surface area contributed by atoms with Crippen molar-refractivity contribution < 1.29 is 8.42 Å². The summed E-state index contributed by atoms with van der Waals surface area (Å²) < 4.78 is 25.6. The van der Waals surface area contributed by atoms with Crippen LogP contribution in [0.1, 0.15) is 37.8 Å². The summed E-state index contributed by atoms with van der Waals surface area (Å²) in [6, 6.07) is 2.48. The molecule has 0 atom stereocenters. The van der Waals surface area contributed by atoms with E-state index in [-0.39, 0.29) is 5.41 Å². The Bertz CT molecular complexity index is 640. The number of nitrogens with zero attached hydrogens (tertiary/aromatic N) is 5. The first-order valence-electron chi connectivity index (χ1n) is 7.56. The van der Waals surface area contributed by atoms with Gasteiger partial charge in [-0.25, -0.2) is 12.7 Å². The van der Waals surface area contributed by atoms with E-state index < -0.39 is 10.0 Å². The second kappa shape index (κ2) is 6.75. The van der Waals surface area contributed by atoms with Crippen molar-refractivity contribution in [1.82, 2.24) is 19.3 Å². The van der Waals surface area contributed by atoms with Crippen LogP contribution in [-0.2, 0) is 23.0 Å². The lowest BCUT2D eigenvalue weighted by Gasteiger charge is -2.29. The van der Waals surface area contributed by atoms with Crippen molar-refractivity contribution in [3.8, 4) is 6.07 Å². The van der Waals surface area contributed by atoms with Gasteiger partial charge in [-0.15, -0.1) is 5.10 Å². The van der Waals surface area contributed by atoms with Crippen LogP contribution in [0.3, 0.4) is 0 Å². The Labute approximate surface area is 132 Å². The molecule has 0 bridgehead atoms. The highest BCUT2D eigenvalue weighted by atomic mass is 32.2. The minimum absolute atomic E-state index is 0.303. The third-order valence-electron chi connectivity index (χ3n) is 4.36. The number of likely N-dealkylation sites (N-methyl/N-ethyl adjacent to an activating group) is 1. The van der Waals surface area contributed by atoms with Gasteiger partial charge in [0.15, 0.2) is 0 Å². The van der Waals surface area contributed by atoms with Gasteiger partial charge in [-0.3, -0.25) is 4.68 Å². The lowest BCUT2D eigenvalue weighted by Crippen LogP contribution is -2.29.